The van der Waals surface area contributed by atoms with E-state index in [1.54, 1.807) is 7.11 Å². The molecule has 2 aromatic carbocycles. The number of aromatic nitrogens is 2. The summed E-state index contributed by atoms with van der Waals surface area (Å²) >= 11 is 0. The molecule has 0 saturated heterocycles. The van der Waals surface area contributed by atoms with Gasteiger partial charge in [-0.2, -0.15) is 0 Å². The van der Waals surface area contributed by atoms with Crippen LogP contribution in [0, 0.1) is 6.92 Å². The van der Waals surface area contributed by atoms with Crippen molar-refractivity contribution >= 4 is 22.3 Å². The highest BCUT2D eigenvalue weighted by atomic mass is 16.5. The molecule has 24 heavy (non-hydrogen) atoms. The van der Waals surface area contributed by atoms with E-state index in [2.05, 4.69) is 41.2 Å². The number of methoxy groups -OCH3 is 1. The highest BCUT2D eigenvalue weighted by molar-refractivity contribution is 5.99. The fourth-order valence-electron chi connectivity index (χ4n) is 3.66. The van der Waals surface area contributed by atoms with Crippen molar-refractivity contribution in [1.29, 1.82) is 0 Å². The first-order chi connectivity index (χ1) is 11.7. The molecule has 1 aliphatic carbocycles. The smallest absolute Gasteiger partial charge is 0.139 e. The van der Waals surface area contributed by atoms with Crippen LogP contribution in [0.1, 0.15) is 23.5 Å². The van der Waals surface area contributed by atoms with E-state index < -0.39 is 0 Å². The molecule has 0 unspecified atom stereocenters. The summed E-state index contributed by atoms with van der Waals surface area (Å²) in [7, 11) is 3.81. The summed E-state index contributed by atoms with van der Waals surface area (Å²) in [4.78, 5) is 11.6. The largest absolute Gasteiger partial charge is 0.496 e. The van der Waals surface area contributed by atoms with Gasteiger partial charge in [0.05, 0.1) is 12.8 Å². The average molecular weight is 319 g/mol. The van der Waals surface area contributed by atoms with Crippen molar-refractivity contribution < 1.29 is 4.74 Å². The standard InChI is InChI=1S/C20H21N3O/c1-13-21-17-10-4-9-16(17)20(22-13)23(2)18-11-5-8-15-14(18)7-6-12-19(15)24-3/h5-8,11-12H,4,9-10H2,1-3H3. The molecule has 0 saturated carbocycles. The van der Waals surface area contributed by atoms with E-state index in [0.29, 0.717) is 0 Å². The van der Waals surface area contributed by atoms with Crippen molar-refractivity contribution in [3.8, 4) is 5.75 Å². The van der Waals surface area contributed by atoms with Gasteiger partial charge in [-0.05, 0) is 38.3 Å². The van der Waals surface area contributed by atoms with Crippen LogP contribution in [0.4, 0.5) is 11.5 Å². The van der Waals surface area contributed by atoms with E-state index in [0.717, 1.165) is 47.7 Å². The number of hydrogen-bond donors (Lipinski definition) is 0. The number of anilines is 2. The lowest BCUT2D eigenvalue weighted by molar-refractivity contribution is 0.420. The van der Waals surface area contributed by atoms with Crippen LogP contribution in [0.15, 0.2) is 36.4 Å². The lowest BCUT2D eigenvalue weighted by Gasteiger charge is -2.23. The van der Waals surface area contributed by atoms with E-state index in [9.17, 15) is 0 Å². The van der Waals surface area contributed by atoms with E-state index in [-0.39, 0.29) is 0 Å². The molecule has 4 heteroatoms. The van der Waals surface area contributed by atoms with Gasteiger partial charge < -0.3 is 9.64 Å². The van der Waals surface area contributed by atoms with Crippen molar-refractivity contribution in [2.75, 3.05) is 19.1 Å². The van der Waals surface area contributed by atoms with Crippen LogP contribution in [-0.2, 0) is 12.8 Å². The van der Waals surface area contributed by atoms with E-state index >= 15 is 0 Å². The third kappa shape index (κ3) is 2.30. The first-order valence-electron chi connectivity index (χ1n) is 8.35. The Morgan fingerprint density at radius 2 is 1.79 bits per heavy atom. The Balaban J connectivity index is 1.90. The number of nitrogens with zero attached hydrogens (tertiary/aromatic N) is 3. The molecule has 3 aromatic rings. The first-order valence-corrected chi connectivity index (χ1v) is 8.35. The third-order valence-corrected chi connectivity index (χ3v) is 4.78. The summed E-state index contributed by atoms with van der Waals surface area (Å²) < 4.78 is 5.52. The number of ether oxygens (including phenoxy) is 1. The maximum atomic E-state index is 5.52. The third-order valence-electron chi connectivity index (χ3n) is 4.78. The quantitative estimate of drug-likeness (QED) is 0.725. The zero-order valence-corrected chi connectivity index (χ0v) is 14.3. The zero-order valence-electron chi connectivity index (χ0n) is 14.3. The lowest BCUT2D eigenvalue weighted by atomic mass is 10.1. The Morgan fingerprint density at radius 1 is 1.00 bits per heavy atom. The molecule has 0 fully saturated rings. The van der Waals surface area contributed by atoms with Gasteiger partial charge >= 0.3 is 0 Å². The number of aryl methyl sites for hydroxylation is 2. The molecule has 0 bridgehead atoms. The number of benzene rings is 2. The molecule has 0 aliphatic heterocycles. The number of hydrogen-bond acceptors (Lipinski definition) is 4. The molecule has 4 rings (SSSR count). The number of fused-ring (bicyclic) bond motifs is 2. The molecule has 122 valence electrons. The summed E-state index contributed by atoms with van der Waals surface area (Å²) in [5.41, 5.74) is 3.64. The Bertz CT molecular complexity index is 920. The maximum Gasteiger partial charge on any atom is 0.139 e. The van der Waals surface area contributed by atoms with Gasteiger partial charge in [-0.3, -0.25) is 0 Å². The zero-order chi connectivity index (χ0) is 16.7. The molecule has 1 aromatic heterocycles. The fraction of sp³-hybridized carbons (Fsp3) is 0.300. The maximum absolute atomic E-state index is 5.52. The molecular weight excluding hydrogens is 298 g/mol. The summed E-state index contributed by atoms with van der Waals surface area (Å²) in [5, 5.41) is 2.29. The van der Waals surface area contributed by atoms with Crippen molar-refractivity contribution in [2.45, 2.75) is 26.2 Å². The van der Waals surface area contributed by atoms with Crippen LogP contribution >= 0.6 is 0 Å². The van der Waals surface area contributed by atoms with Gasteiger partial charge in [0.15, 0.2) is 0 Å². The Kier molecular flexibility index (Phi) is 3.60. The minimum Gasteiger partial charge on any atom is -0.496 e. The summed E-state index contributed by atoms with van der Waals surface area (Å²) in [6, 6.07) is 12.5. The normalized spacial score (nSPS) is 13.1. The predicted octanol–water partition coefficient (Wildman–Crippen LogP) is 4.20. The molecular formula is C20H21N3O. The van der Waals surface area contributed by atoms with Crippen molar-refractivity contribution in [3.05, 3.63) is 53.5 Å². The molecule has 1 aliphatic rings. The van der Waals surface area contributed by atoms with Crippen molar-refractivity contribution in [3.63, 3.8) is 0 Å². The highest BCUT2D eigenvalue weighted by Crippen LogP contribution is 2.37. The second-order valence-electron chi connectivity index (χ2n) is 6.26. The highest BCUT2D eigenvalue weighted by Gasteiger charge is 2.22. The van der Waals surface area contributed by atoms with Crippen LogP contribution in [0.2, 0.25) is 0 Å². The van der Waals surface area contributed by atoms with E-state index in [1.807, 2.05) is 19.1 Å². The average Bonchev–Trinajstić information content (AvgIpc) is 3.07. The molecule has 0 amide bonds. The molecule has 0 spiro atoms. The molecule has 0 atom stereocenters. The number of rotatable bonds is 3. The minimum atomic E-state index is 0.843. The first kappa shape index (κ1) is 14.9. The van der Waals surface area contributed by atoms with Gasteiger partial charge in [-0.25, -0.2) is 9.97 Å². The van der Waals surface area contributed by atoms with Gasteiger partial charge in [-0.1, -0.05) is 24.3 Å². The van der Waals surface area contributed by atoms with Gasteiger partial charge in [-0.15, -0.1) is 0 Å². The van der Waals surface area contributed by atoms with Crippen LogP contribution in [-0.4, -0.2) is 24.1 Å². The lowest BCUT2D eigenvalue weighted by Crippen LogP contribution is -2.15. The van der Waals surface area contributed by atoms with E-state index in [4.69, 9.17) is 9.72 Å². The van der Waals surface area contributed by atoms with Crippen LogP contribution in [0.3, 0.4) is 0 Å². The Labute approximate surface area is 142 Å². The predicted molar refractivity (Wildman–Crippen MR) is 97.4 cm³/mol. The van der Waals surface area contributed by atoms with Gasteiger partial charge in [0.1, 0.15) is 17.4 Å². The van der Waals surface area contributed by atoms with Gasteiger partial charge in [0, 0.05) is 29.1 Å². The second-order valence-corrected chi connectivity index (χ2v) is 6.26. The monoisotopic (exact) mass is 319 g/mol. The minimum absolute atomic E-state index is 0.843. The molecule has 1 heterocycles. The van der Waals surface area contributed by atoms with Gasteiger partial charge in [0.25, 0.3) is 0 Å². The molecule has 0 radical (unpaired) electrons. The summed E-state index contributed by atoms with van der Waals surface area (Å²) in [6.45, 7) is 1.97. The molecule has 4 nitrogen and oxygen atoms in total. The molecule has 0 N–H and O–H groups in total. The van der Waals surface area contributed by atoms with Crippen LogP contribution in [0.5, 0.6) is 5.75 Å². The van der Waals surface area contributed by atoms with Crippen LogP contribution < -0.4 is 9.64 Å². The summed E-state index contributed by atoms with van der Waals surface area (Å²) in [5.74, 6) is 2.77. The van der Waals surface area contributed by atoms with Crippen LogP contribution in [0.25, 0.3) is 10.8 Å². The second kappa shape index (κ2) is 5.78. The summed E-state index contributed by atoms with van der Waals surface area (Å²) in [6.07, 6.45) is 3.28. The Hall–Kier alpha value is -2.62. The Morgan fingerprint density at radius 3 is 2.62 bits per heavy atom. The SMILES string of the molecule is COc1cccc2c(N(C)c3nc(C)nc4c3CCC4)cccc12. The van der Waals surface area contributed by atoms with Crippen molar-refractivity contribution in [2.24, 2.45) is 0 Å². The fourth-order valence-corrected chi connectivity index (χ4v) is 3.66. The van der Waals surface area contributed by atoms with Gasteiger partial charge in [0.2, 0.25) is 0 Å². The van der Waals surface area contributed by atoms with E-state index in [1.165, 1.54) is 16.6 Å². The topological polar surface area (TPSA) is 38.2 Å². The van der Waals surface area contributed by atoms with Crippen molar-refractivity contribution in [1.82, 2.24) is 9.97 Å².